The van der Waals surface area contributed by atoms with Crippen molar-refractivity contribution in [1.29, 1.82) is 0 Å². The van der Waals surface area contributed by atoms with E-state index in [0.717, 1.165) is 11.1 Å². The Kier molecular flexibility index (Phi) is 8.01. The van der Waals surface area contributed by atoms with Crippen molar-refractivity contribution in [3.8, 4) is 0 Å². The van der Waals surface area contributed by atoms with Gasteiger partial charge in [0.15, 0.2) is 0 Å². The predicted molar refractivity (Wildman–Crippen MR) is 124 cm³/mol. The molecule has 1 heterocycles. The number of thiocarbonyl (C=S) groups is 1. The van der Waals surface area contributed by atoms with E-state index in [4.69, 9.17) is 26.4 Å². The van der Waals surface area contributed by atoms with Crippen LogP contribution < -0.4 is 10.6 Å². The molecule has 1 fully saturated rings. The fourth-order valence-corrected chi connectivity index (χ4v) is 3.55. The number of hydrogen-bond donors (Lipinski definition) is 2. The van der Waals surface area contributed by atoms with Crippen LogP contribution in [0.15, 0.2) is 60.7 Å². The number of alkyl carbamates (subject to hydrolysis) is 1. The Bertz CT molecular complexity index is 855. The minimum Gasteiger partial charge on any atom is -0.444 e. The summed E-state index contributed by atoms with van der Waals surface area (Å²) in [5.41, 5.74) is 1.48. The van der Waals surface area contributed by atoms with Gasteiger partial charge in [-0.1, -0.05) is 72.9 Å². The summed E-state index contributed by atoms with van der Waals surface area (Å²) >= 11 is 5.51. The van der Waals surface area contributed by atoms with Crippen molar-refractivity contribution in [3.63, 3.8) is 0 Å². The van der Waals surface area contributed by atoms with Crippen LogP contribution in [0.5, 0.6) is 0 Å². The van der Waals surface area contributed by atoms with E-state index < -0.39 is 23.8 Å². The largest absolute Gasteiger partial charge is 0.444 e. The van der Waals surface area contributed by atoms with Gasteiger partial charge in [-0.3, -0.25) is 0 Å². The number of hydrogen-bond acceptors (Lipinski definition) is 5. The van der Waals surface area contributed by atoms with Crippen molar-refractivity contribution < 1.29 is 19.0 Å². The molecule has 7 heteroatoms. The van der Waals surface area contributed by atoms with Crippen molar-refractivity contribution >= 4 is 23.3 Å². The second kappa shape index (κ2) is 10.7. The summed E-state index contributed by atoms with van der Waals surface area (Å²) in [7, 11) is 0. The Morgan fingerprint density at radius 2 is 1.55 bits per heavy atom. The molecular weight excluding hydrogens is 412 g/mol. The molecule has 0 saturated carbocycles. The highest BCUT2D eigenvalue weighted by Gasteiger charge is 2.40. The van der Waals surface area contributed by atoms with E-state index in [-0.39, 0.29) is 6.10 Å². The van der Waals surface area contributed by atoms with Crippen molar-refractivity contribution in [2.24, 2.45) is 0 Å². The lowest BCUT2D eigenvalue weighted by atomic mass is 10.00. The quantitative estimate of drug-likeness (QED) is 0.632. The first-order valence-electron chi connectivity index (χ1n) is 10.4. The smallest absolute Gasteiger partial charge is 0.408 e. The highest BCUT2D eigenvalue weighted by molar-refractivity contribution is 7.80. The number of rotatable bonds is 7. The number of ether oxygens (including phenoxy) is 3. The van der Waals surface area contributed by atoms with E-state index in [1.807, 2.05) is 81.4 Å². The first-order chi connectivity index (χ1) is 14.8. The molecule has 166 valence electrons. The summed E-state index contributed by atoms with van der Waals surface area (Å²) in [6, 6.07) is 19.3. The Balaban J connectivity index is 1.73. The van der Waals surface area contributed by atoms with Gasteiger partial charge in [0.05, 0.1) is 13.2 Å². The number of carbonyl (C=O) groups excluding carboxylic acids is 1. The van der Waals surface area contributed by atoms with Gasteiger partial charge in [0.25, 0.3) is 0 Å². The molecular formula is C24H30N2O4S. The topological polar surface area (TPSA) is 68.8 Å². The first-order valence-corrected chi connectivity index (χ1v) is 10.8. The number of piperidine rings is 1. The molecule has 0 aliphatic carbocycles. The summed E-state index contributed by atoms with van der Waals surface area (Å²) in [5, 5.41) is 6.04. The van der Waals surface area contributed by atoms with Crippen LogP contribution in [0.4, 0.5) is 4.79 Å². The minimum atomic E-state index is -0.614. The highest BCUT2D eigenvalue weighted by Crippen LogP contribution is 2.19. The van der Waals surface area contributed by atoms with Crippen LogP contribution in [0.2, 0.25) is 0 Å². The van der Waals surface area contributed by atoms with E-state index in [0.29, 0.717) is 24.7 Å². The van der Waals surface area contributed by atoms with Gasteiger partial charge in [0.2, 0.25) is 0 Å². The Hall–Kier alpha value is -2.48. The molecule has 0 spiro atoms. The molecule has 0 unspecified atom stereocenters. The minimum absolute atomic E-state index is 0.310. The van der Waals surface area contributed by atoms with Gasteiger partial charge in [0, 0.05) is 6.54 Å². The van der Waals surface area contributed by atoms with Crippen molar-refractivity contribution in [2.45, 2.75) is 57.8 Å². The number of amides is 1. The van der Waals surface area contributed by atoms with E-state index in [1.165, 1.54) is 0 Å². The molecule has 2 aromatic rings. The molecule has 0 bridgehead atoms. The van der Waals surface area contributed by atoms with E-state index in [2.05, 4.69) is 10.6 Å². The second-order valence-corrected chi connectivity index (χ2v) is 8.91. The summed E-state index contributed by atoms with van der Waals surface area (Å²) in [6.07, 6.45) is -1.32. The summed E-state index contributed by atoms with van der Waals surface area (Å²) in [5.74, 6) is 0. The lowest BCUT2D eigenvalue weighted by Crippen LogP contribution is -2.64. The zero-order valence-electron chi connectivity index (χ0n) is 18.2. The number of nitrogens with one attached hydrogen (secondary N) is 2. The van der Waals surface area contributed by atoms with Crippen LogP contribution in [0, 0.1) is 0 Å². The summed E-state index contributed by atoms with van der Waals surface area (Å²) < 4.78 is 17.9. The maximum Gasteiger partial charge on any atom is 0.408 e. The van der Waals surface area contributed by atoms with E-state index in [1.54, 1.807) is 0 Å². The van der Waals surface area contributed by atoms with Gasteiger partial charge in [-0.05, 0) is 31.9 Å². The average Bonchev–Trinajstić information content (AvgIpc) is 2.73. The Labute approximate surface area is 189 Å². The zero-order valence-corrected chi connectivity index (χ0v) is 19.0. The maximum atomic E-state index is 12.5. The average molecular weight is 443 g/mol. The first kappa shape index (κ1) is 23.2. The standard InChI is InChI=1S/C24H30N2O4S/c1-24(2,3)30-23(27)26-20-21(29-16-18-12-8-5-9-13-18)19(14-25-22(20)31)28-15-17-10-6-4-7-11-17/h4-13,19-21H,14-16H2,1-3H3,(H,25,31)(H,26,27)/t19-,20-,21+/m1/s1. The fourth-order valence-electron chi connectivity index (χ4n) is 3.27. The maximum absolute atomic E-state index is 12.5. The van der Waals surface area contributed by atoms with Crippen molar-refractivity contribution in [3.05, 3.63) is 71.8 Å². The van der Waals surface area contributed by atoms with Gasteiger partial charge >= 0.3 is 6.09 Å². The highest BCUT2D eigenvalue weighted by atomic mass is 32.1. The molecule has 1 aliphatic rings. The second-order valence-electron chi connectivity index (χ2n) is 8.47. The SMILES string of the molecule is CC(C)(C)OC(=O)N[C@H]1C(=S)NC[C@@H](OCc2ccccc2)[C@@H]1OCc1ccccc1. The zero-order chi connectivity index (χ0) is 22.3. The summed E-state index contributed by atoms with van der Waals surface area (Å²) in [6.45, 7) is 6.77. The molecule has 0 aromatic heterocycles. The normalized spacial score (nSPS) is 21.3. The van der Waals surface area contributed by atoms with Crippen molar-refractivity contribution in [2.75, 3.05) is 6.54 Å². The summed E-state index contributed by atoms with van der Waals surface area (Å²) in [4.78, 5) is 13.0. The molecule has 2 N–H and O–H groups in total. The molecule has 1 saturated heterocycles. The van der Waals surface area contributed by atoms with Crippen LogP contribution >= 0.6 is 12.2 Å². The van der Waals surface area contributed by atoms with Gasteiger partial charge in [-0.2, -0.15) is 0 Å². The Morgan fingerprint density at radius 1 is 1.00 bits per heavy atom. The van der Waals surface area contributed by atoms with E-state index in [9.17, 15) is 4.79 Å². The third-order valence-electron chi connectivity index (χ3n) is 4.72. The Morgan fingerprint density at radius 3 is 2.10 bits per heavy atom. The third-order valence-corrected chi connectivity index (χ3v) is 5.12. The molecule has 3 rings (SSSR count). The van der Waals surface area contributed by atoms with Crippen LogP contribution in [0.3, 0.4) is 0 Å². The van der Waals surface area contributed by atoms with Gasteiger partial charge in [0.1, 0.15) is 28.8 Å². The van der Waals surface area contributed by atoms with Crippen LogP contribution in [-0.4, -0.2) is 41.5 Å². The lowest BCUT2D eigenvalue weighted by Gasteiger charge is -2.39. The molecule has 6 nitrogen and oxygen atoms in total. The monoisotopic (exact) mass is 442 g/mol. The number of benzene rings is 2. The van der Waals surface area contributed by atoms with Crippen LogP contribution in [-0.2, 0) is 27.4 Å². The van der Waals surface area contributed by atoms with Crippen LogP contribution in [0.1, 0.15) is 31.9 Å². The molecule has 1 aliphatic heterocycles. The fraction of sp³-hybridized carbons (Fsp3) is 0.417. The third kappa shape index (κ3) is 7.31. The lowest BCUT2D eigenvalue weighted by molar-refractivity contribution is -0.0943. The van der Waals surface area contributed by atoms with Gasteiger partial charge in [-0.25, -0.2) is 4.79 Å². The van der Waals surface area contributed by atoms with Crippen molar-refractivity contribution in [1.82, 2.24) is 10.6 Å². The predicted octanol–water partition coefficient (Wildman–Crippen LogP) is 3.98. The number of carbonyl (C=O) groups is 1. The molecule has 31 heavy (non-hydrogen) atoms. The molecule has 0 radical (unpaired) electrons. The van der Waals surface area contributed by atoms with Gasteiger partial charge < -0.3 is 24.8 Å². The van der Waals surface area contributed by atoms with Gasteiger partial charge in [-0.15, -0.1) is 0 Å². The molecule has 1 amide bonds. The van der Waals surface area contributed by atoms with E-state index >= 15 is 0 Å². The van der Waals surface area contributed by atoms with Crippen LogP contribution in [0.25, 0.3) is 0 Å². The molecule has 3 atom stereocenters. The molecule has 2 aromatic carbocycles.